The van der Waals surface area contributed by atoms with Gasteiger partial charge in [0, 0.05) is 5.69 Å². The molecule has 76 valence electrons. The quantitative estimate of drug-likeness (QED) is 0.703. The lowest BCUT2D eigenvalue weighted by molar-refractivity contribution is 0.628. The summed E-state index contributed by atoms with van der Waals surface area (Å²) < 4.78 is 12.7. The first-order chi connectivity index (χ1) is 7.16. The highest BCUT2D eigenvalue weighted by Crippen LogP contribution is 2.23. The van der Waals surface area contributed by atoms with E-state index in [0.717, 1.165) is 22.4 Å². The van der Waals surface area contributed by atoms with E-state index in [1.807, 2.05) is 25.1 Å². The van der Waals surface area contributed by atoms with Crippen molar-refractivity contribution in [2.75, 3.05) is 5.73 Å². The Kier molecular flexibility index (Phi) is 2.42. The van der Waals surface area contributed by atoms with Crippen LogP contribution >= 0.6 is 0 Å². The highest BCUT2D eigenvalue weighted by Gasteiger charge is 2.00. The molecule has 0 saturated heterocycles. The van der Waals surface area contributed by atoms with Crippen molar-refractivity contribution < 1.29 is 4.39 Å². The van der Waals surface area contributed by atoms with Gasteiger partial charge in [-0.2, -0.15) is 0 Å². The molecule has 0 fully saturated rings. The van der Waals surface area contributed by atoms with Gasteiger partial charge in [-0.25, -0.2) is 4.39 Å². The molecule has 0 heterocycles. The van der Waals surface area contributed by atoms with Crippen molar-refractivity contribution in [3.8, 4) is 11.1 Å². The summed E-state index contributed by atoms with van der Waals surface area (Å²) in [5.41, 5.74) is 9.60. The Morgan fingerprint density at radius 1 is 0.933 bits per heavy atom. The Labute approximate surface area is 88.4 Å². The van der Waals surface area contributed by atoms with Crippen LogP contribution in [0.25, 0.3) is 11.1 Å². The normalized spacial score (nSPS) is 10.3. The van der Waals surface area contributed by atoms with Gasteiger partial charge in [0.2, 0.25) is 0 Å². The summed E-state index contributed by atoms with van der Waals surface area (Å²) in [5, 5.41) is 0. The van der Waals surface area contributed by atoms with E-state index in [-0.39, 0.29) is 5.82 Å². The van der Waals surface area contributed by atoms with Crippen LogP contribution in [-0.2, 0) is 0 Å². The van der Waals surface area contributed by atoms with Gasteiger partial charge in [0.1, 0.15) is 5.82 Å². The molecule has 0 spiro atoms. The zero-order valence-corrected chi connectivity index (χ0v) is 8.50. The van der Waals surface area contributed by atoms with E-state index in [2.05, 4.69) is 0 Å². The summed E-state index contributed by atoms with van der Waals surface area (Å²) in [6.45, 7) is 1.96. The molecule has 0 saturated carbocycles. The number of halogens is 1. The maximum Gasteiger partial charge on any atom is 0.123 e. The Hall–Kier alpha value is -1.83. The molecule has 0 aliphatic heterocycles. The second-order valence-electron chi connectivity index (χ2n) is 3.58. The Morgan fingerprint density at radius 3 is 2.13 bits per heavy atom. The van der Waals surface area contributed by atoms with Gasteiger partial charge in [-0.15, -0.1) is 0 Å². The third-order valence-corrected chi connectivity index (χ3v) is 2.45. The third-order valence-electron chi connectivity index (χ3n) is 2.45. The Bertz CT molecular complexity index is 474. The largest absolute Gasteiger partial charge is 0.399 e. The van der Waals surface area contributed by atoms with Crippen LogP contribution in [0.4, 0.5) is 10.1 Å². The van der Waals surface area contributed by atoms with Gasteiger partial charge in [-0.1, -0.05) is 18.2 Å². The second-order valence-corrected chi connectivity index (χ2v) is 3.58. The molecule has 2 rings (SSSR count). The fraction of sp³-hybridized carbons (Fsp3) is 0.0769. The van der Waals surface area contributed by atoms with E-state index in [1.165, 1.54) is 12.1 Å². The number of nitrogens with two attached hydrogens (primary N) is 1. The van der Waals surface area contributed by atoms with Crippen LogP contribution in [0.15, 0.2) is 42.5 Å². The average Bonchev–Trinajstić information content (AvgIpc) is 2.23. The molecule has 2 heteroatoms. The standard InChI is InChI=1S/C13H12FN/c1-9-8-11(4-7-13(9)15)10-2-5-12(14)6-3-10/h2-8H,15H2,1H3. The minimum Gasteiger partial charge on any atom is -0.399 e. The van der Waals surface area contributed by atoms with Gasteiger partial charge < -0.3 is 5.73 Å². The minimum atomic E-state index is -0.217. The number of anilines is 1. The van der Waals surface area contributed by atoms with Crippen LogP contribution < -0.4 is 5.73 Å². The molecule has 2 aromatic rings. The van der Waals surface area contributed by atoms with E-state index in [4.69, 9.17) is 5.73 Å². The molecule has 15 heavy (non-hydrogen) atoms. The molecule has 2 aromatic carbocycles. The monoisotopic (exact) mass is 201 g/mol. The zero-order chi connectivity index (χ0) is 10.8. The molecule has 0 bridgehead atoms. The molecule has 0 atom stereocenters. The van der Waals surface area contributed by atoms with Crippen LogP contribution in [0.3, 0.4) is 0 Å². The van der Waals surface area contributed by atoms with Gasteiger partial charge in [0.05, 0.1) is 0 Å². The maximum absolute atomic E-state index is 12.7. The number of aryl methyl sites for hydroxylation is 1. The molecular formula is C13H12FN. The lowest BCUT2D eigenvalue weighted by Crippen LogP contribution is -1.89. The van der Waals surface area contributed by atoms with Crippen molar-refractivity contribution in [2.24, 2.45) is 0 Å². The summed E-state index contributed by atoms with van der Waals surface area (Å²) in [4.78, 5) is 0. The van der Waals surface area contributed by atoms with Crippen molar-refractivity contribution in [1.29, 1.82) is 0 Å². The summed E-state index contributed by atoms with van der Waals surface area (Å²) in [7, 11) is 0. The number of hydrogen-bond donors (Lipinski definition) is 1. The predicted molar refractivity (Wildman–Crippen MR) is 61.0 cm³/mol. The van der Waals surface area contributed by atoms with E-state index in [0.29, 0.717) is 0 Å². The van der Waals surface area contributed by atoms with Crippen LogP contribution in [0, 0.1) is 12.7 Å². The molecule has 1 nitrogen and oxygen atoms in total. The van der Waals surface area contributed by atoms with E-state index < -0.39 is 0 Å². The highest BCUT2D eigenvalue weighted by molar-refractivity contribution is 5.67. The maximum atomic E-state index is 12.7. The van der Waals surface area contributed by atoms with Gasteiger partial charge in [0.15, 0.2) is 0 Å². The average molecular weight is 201 g/mol. The summed E-state index contributed by atoms with van der Waals surface area (Å²) >= 11 is 0. The van der Waals surface area contributed by atoms with Crippen LogP contribution in [0.5, 0.6) is 0 Å². The summed E-state index contributed by atoms with van der Waals surface area (Å²) in [6, 6.07) is 12.3. The Balaban J connectivity index is 2.45. The van der Waals surface area contributed by atoms with Crippen molar-refractivity contribution in [3.05, 3.63) is 53.8 Å². The van der Waals surface area contributed by atoms with E-state index in [9.17, 15) is 4.39 Å². The van der Waals surface area contributed by atoms with Crippen LogP contribution in [-0.4, -0.2) is 0 Å². The van der Waals surface area contributed by atoms with Crippen molar-refractivity contribution >= 4 is 5.69 Å². The first kappa shape index (κ1) is 9.71. The van der Waals surface area contributed by atoms with Crippen molar-refractivity contribution in [3.63, 3.8) is 0 Å². The molecule has 0 aromatic heterocycles. The van der Waals surface area contributed by atoms with Crippen LogP contribution in [0.2, 0.25) is 0 Å². The molecule has 2 N–H and O–H groups in total. The molecule has 0 unspecified atom stereocenters. The molecule has 0 aliphatic rings. The summed E-state index contributed by atoms with van der Waals surface area (Å²) in [6.07, 6.45) is 0. The number of hydrogen-bond acceptors (Lipinski definition) is 1. The van der Waals surface area contributed by atoms with E-state index in [1.54, 1.807) is 12.1 Å². The lowest BCUT2D eigenvalue weighted by atomic mass is 10.0. The van der Waals surface area contributed by atoms with Gasteiger partial charge in [-0.05, 0) is 47.9 Å². The third kappa shape index (κ3) is 1.99. The lowest BCUT2D eigenvalue weighted by Gasteiger charge is -2.05. The van der Waals surface area contributed by atoms with Crippen LogP contribution in [0.1, 0.15) is 5.56 Å². The SMILES string of the molecule is Cc1cc(-c2ccc(F)cc2)ccc1N. The zero-order valence-electron chi connectivity index (χ0n) is 8.50. The second kappa shape index (κ2) is 3.73. The topological polar surface area (TPSA) is 26.0 Å². The fourth-order valence-electron chi connectivity index (χ4n) is 1.50. The smallest absolute Gasteiger partial charge is 0.123 e. The molecule has 0 aliphatic carbocycles. The molecule has 0 amide bonds. The van der Waals surface area contributed by atoms with Crippen molar-refractivity contribution in [1.82, 2.24) is 0 Å². The Morgan fingerprint density at radius 2 is 1.53 bits per heavy atom. The fourth-order valence-corrected chi connectivity index (χ4v) is 1.50. The first-order valence-corrected chi connectivity index (χ1v) is 4.79. The minimum absolute atomic E-state index is 0.217. The molecular weight excluding hydrogens is 189 g/mol. The van der Waals surface area contributed by atoms with Crippen molar-refractivity contribution in [2.45, 2.75) is 6.92 Å². The highest BCUT2D eigenvalue weighted by atomic mass is 19.1. The summed E-state index contributed by atoms with van der Waals surface area (Å²) in [5.74, 6) is -0.217. The first-order valence-electron chi connectivity index (χ1n) is 4.79. The van der Waals surface area contributed by atoms with Gasteiger partial charge in [0.25, 0.3) is 0 Å². The van der Waals surface area contributed by atoms with Gasteiger partial charge >= 0.3 is 0 Å². The number of nitrogen functional groups attached to an aromatic ring is 1. The van der Waals surface area contributed by atoms with E-state index >= 15 is 0 Å². The number of benzene rings is 2. The van der Waals surface area contributed by atoms with Gasteiger partial charge in [-0.3, -0.25) is 0 Å². The predicted octanol–water partition coefficient (Wildman–Crippen LogP) is 3.38. The molecule has 0 radical (unpaired) electrons. The number of rotatable bonds is 1.